The van der Waals surface area contributed by atoms with Crippen LogP contribution < -0.4 is 5.73 Å². The molecular formula is C10H14N2O2. The summed E-state index contributed by atoms with van der Waals surface area (Å²) in [6.45, 7) is 3.84. The Labute approximate surface area is 82.9 Å². The largest absolute Gasteiger partial charge is 0.324 e. The van der Waals surface area contributed by atoms with Crippen LogP contribution >= 0.6 is 0 Å². The monoisotopic (exact) mass is 194 g/mol. The van der Waals surface area contributed by atoms with Crippen LogP contribution in [0.2, 0.25) is 0 Å². The minimum Gasteiger partial charge on any atom is -0.324 e. The van der Waals surface area contributed by atoms with E-state index in [1.165, 1.54) is 6.07 Å². The van der Waals surface area contributed by atoms with E-state index in [2.05, 4.69) is 0 Å². The number of nitro groups is 1. The Balaban J connectivity index is 3.18. The molecule has 1 aromatic rings. The van der Waals surface area contributed by atoms with Crippen molar-refractivity contribution in [1.82, 2.24) is 0 Å². The molecule has 0 aliphatic heterocycles. The lowest BCUT2D eigenvalue weighted by atomic mass is 9.99. The fourth-order valence-electron chi connectivity index (χ4n) is 1.46. The van der Waals surface area contributed by atoms with Crippen LogP contribution in [0.1, 0.15) is 31.0 Å². The van der Waals surface area contributed by atoms with Gasteiger partial charge in [0.15, 0.2) is 0 Å². The van der Waals surface area contributed by atoms with Crippen molar-refractivity contribution in [2.24, 2.45) is 5.73 Å². The molecule has 0 amide bonds. The highest BCUT2D eigenvalue weighted by molar-refractivity contribution is 5.41. The summed E-state index contributed by atoms with van der Waals surface area (Å²) >= 11 is 0. The van der Waals surface area contributed by atoms with Crippen LogP contribution in [0.5, 0.6) is 0 Å². The first-order valence-corrected chi connectivity index (χ1v) is 4.59. The molecule has 0 aliphatic rings. The zero-order valence-corrected chi connectivity index (χ0v) is 8.36. The number of benzene rings is 1. The highest BCUT2D eigenvalue weighted by atomic mass is 16.6. The standard InChI is InChI=1S/C10H14N2O2/c1-3-8-6-9(12(13)14)4-5-10(8)7(2)11/h4-7H,3,11H2,1-2H3. The zero-order chi connectivity index (χ0) is 10.7. The number of nitrogens with two attached hydrogens (primary N) is 1. The normalized spacial score (nSPS) is 12.5. The molecule has 1 rings (SSSR count). The van der Waals surface area contributed by atoms with Gasteiger partial charge in [0.1, 0.15) is 0 Å². The molecule has 0 saturated carbocycles. The molecule has 1 aromatic carbocycles. The number of nitrogens with zero attached hydrogens (tertiary/aromatic N) is 1. The molecule has 2 N–H and O–H groups in total. The summed E-state index contributed by atoms with van der Waals surface area (Å²) in [6.07, 6.45) is 0.762. The van der Waals surface area contributed by atoms with E-state index in [0.717, 1.165) is 17.5 Å². The van der Waals surface area contributed by atoms with Gasteiger partial charge in [-0.15, -0.1) is 0 Å². The van der Waals surface area contributed by atoms with Crippen molar-refractivity contribution in [2.75, 3.05) is 0 Å². The Morgan fingerprint density at radius 1 is 1.57 bits per heavy atom. The molecule has 4 heteroatoms. The maximum atomic E-state index is 10.5. The summed E-state index contributed by atoms with van der Waals surface area (Å²) in [5.74, 6) is 0. The van der Waals surface area contributed by atoms with Crippen molar-refractivity contribution in [3.8, 4) is 0 Å². The third-order valence-electron chi connectivity index (χ3n) is 2.21. The van der Waals surface area contributed by atoms with Crippen LogP contribution in [0.25, 0.3) is 0 Å². The third-order valence-corrected chi connectivity index (χ3v) is 2.21. The second kappa shape index (κ2) is 4.19. The van der Waals surface area contributed by atoms with E-state index in [9.17, 15) is 10.1 Å². The van der Waals surface area contributed by atoms with E-state index in [-0.39, 0.29) is 16.7 Å². The molecule has 4 nitrogen and oxygen atoms in total. The van der Waals surface area contributed by atoms with Crippen LogP contribution in [-0.4, -0.2) is 4.92 Å². The molecule has 0 saturated heterocycles. The van der Waals surface area contributed by atoms with Crippen molar-refractivity contribution in [3.63, 3.8) is 0 Å². The Bertz CT molecular complexity index is 348. The molecule has 0 bridgehead atoms. The van der Waals surface area contributed by atoms with Crippen molar-refractivity contribution in [3.05, 3.63) is 39.4 Å². The average Bonchev–Trinajstić information content (AvgIpc) is 2.16. The lowest BCUT2D eigenvalue weighted by Crippen LogP contribution is -2.08. The number of nitro benzene ring substituents is 1. The minimum absolute atomic E-state index is 0.0780. The second-order valence-electron chi connectivity index (χ2n) is 3.28. The number of aryl methyl sites for hydroxylation is 1. The van der Waals surface area contributed by atoms with Crippen LogP contribution in [0.3, 0.4) is 0 Å². The van der Waals surface area contributed by atoms with E-state index in [0.29, 0.717) is 0 Å². The molecule has 1 atom stereocenters. The third kappa shape index (κ3) is 2.09. The summed E-state index contributed by atoms with van der Waals surface area (Å²) in [5, 5.41) is 10.5. The zero-order valence-electron chi connectivity index (χ0n) is 8.36. The molecule has 14 heavy (non-hydrogen) atoms. The van der Waals surface area contributed by atoms with Gasteiger partial charge in [0.05, 0.1) is 4.92 Å². The molecule has 0 fully saturated rings. The van der Waals surface area contributed by atoms with Gasteiger partial charge in [-0.25, -0.2) is 0 Å². The second-order valence-corrected chi connectivity index (χ2v) is 3.28. The van der Waals surface area contributed by atoms with E-state index >= 15 is 0 Å². The Morgan fingerprint density at radius 3 is 2.64 bits per heavy atom. The highest BCUT2D eigenvalue weighted by Gasteiger charge is 2.11. The van der Waals surface area contributed by atoms with E-state index in [1.54, 1.807) is 12.1 Å². The van der Waals surface area contributed by atoms with Crippen molar-refractivity contribution >= 4 is 5.69 Å². The quantitative estimate of drug-likeness (QED) is 0.592. The summed E-state index contributed by atoms with van der Waals surface area (Å²) in [7, 11) is 0. The lowest BCUT2D eigenvalue weighted by Gasteiger charge is -2.10. The van der Waals surface area contributed by atoms with Crippen LogP contribution in [0, 0.1) is 10.1 Å². The number of hydrogen-bond donors (Lipinski definition) is 1. The molecule has 0 radical (unpaired) electrons. The Hall–Kier alpha value is -1.42. The molecular weight excluding hydrogens is 180 g/mol. The van der Waals surface area contributed by atoms with Gasteiger partial charge in [-0.05, 0) is 24.5 Å². The smallest absolute Gasteiger partial charge is 0.269 e. The molecule has 0 heterocycles. The van der Waals surface area contributed by atoms with E-state index in [4.69, 9.17) is 5.73 Å². The van der Waals surface area contributed by atoms with Gasteiger partial charge in [-0.1, -0.05) is 13.0 Å². The van der Waals surface area contributed by atoms with Gasteiger partial charge in [-0.3, -0.25) is 10.1 Å². The topological polar surface area (TPSA) is 69.2 Å². The van der Waals surface area contributed by atoms with Gasteiger partial charge in [-0.2, -0.15) is 0 Å². The van der Waals surface area contributed by atoms with E-state index < -0.39 is 0 Å². The molecule has 76 valence electrons. The molecule has 1 unspecified atom stereocenters. The Morgan fingerprint density at radius 2 is 2.21 bits per heavy atom. The first-order chi connectivity index (χ1) is 6.56. The van der Waals surface area contributed by atoms with Crippen LogP contribution in [0.15, 0.2) is 18.2 Å². The lowest BCUT2D eigenvalue weighted by molar-refractivity contribution is -0.384. The fraction of sp³-hybridized carbons (Fsp3) is 0.400. The van der Waals surface area contributed by atoms with Crippen molar-refractivity contribution in [2.45, 2.75) is 26.3 Å². The average molecular weight is 194 g/mol. The maximum Gasteiger partial charge on any atom is 0.269 e. The first-order valence-electron chi connectivity index (χ1n) is 4.59. The number of rotatable bonds is 3. The van der Waals surface area contributed by atoms with Gasteiger partial charge >= 0.3 is 0 Å². The van der Waals surface area contributed by atoms with Crippen molar-refractivity contribution < 1.29 is 4.92 Å². The summed E-state index contributed by atoms with van der Waals surface area (Å²) in [4.78, 5) is 10.1. The van der Waals surface area contributed by atoms with Crippen molar-refractivity contribution in [1.29, 1.82) is 0 Å². The first kappa shape index (κ1) is 10.7. The molecule has 0 spiro atoms. The van der Waals surface area contributed by atoms with Gasteiger partial charge in [0, 0.05) is 18.2 Å². The summed E-state index contributed by atoms with van der Waals surface area (Å²) in [5.41, 5.74) is 7.81. The highest BCUT2D eigenvalue weighted by Crippen LogP contribution is 2.22. The SMILES string of the molecule is CCc1cc([N+](=O)[O-])ccc1C(C)N. The number of hydrogen-bond acceptors (Lipinski definition) is 3. The molecule has 0 aliphatic carbocycles. The predicted molar refractivity (Wildman–Crippen MR) is 55.1 cm³/mol. The number of non-ortho nitro benzene ring substituents is 1. The summed E-state index contributed by atoms with van der Waals surface area (Å²) in [6, 6.07) is 4.75. The maximum absolute atomic E-state index is 10.5. The fourth-order valence-corrected chi connectivity index (χ4v) is 1.46. The van der Waals surface area contributed by atoms with E-state index in [1.807, 2.05) is 13.8 Å². The Kier molecular flexibility index (Phi) is 3.19. The minimum atomic E-state index is -0.385. The van der Waals surface area contributed by atoms with Gasteiger partial charge in [0.2, 0.25) is 0 Å². The van der Waals surface area contributed by atoms with Gasteiger partial charge < -0.3 is 5.73 Å². The molecule has 0 aromatic heterocycles. The predicted octanol–water partition coefficient (Wildman–Crippen LogP) is 2.18. The van der Waals surface area contributed by atoms with Gasteiger partial charge in [0.25, 0.3) is 5.69 Å². The van der Waals surface area contributed by atoms with Crippen LogP contribution in [0.4, 0.5) is 5.69 Å². The summed E-state index contributed by atoms with van der Waals surface area (Å²) < 4.78 is 0. The van der Waals surface area contributed by atoms with Crippen LogP contribution in [-0.2, 0) is 6.42 Å².